The third-order valence-electron chi connectivity index (χ3n) is 2.66. The van der Waals surface area contributed by atoms with Crippen molar-refractivity contribution in [2.75, 3.05) is 13.2 Å². The molecule has 0 fully saturated rings. The van der Waals surface area contributed by atoms with Crippen molar-refractivity contribution in [3.05, 3.63) is 12.2 Å². The average molecular weight is 182 g/mol. The highest BCUT2D eigenvalue weighted by Crippen LogP contribution is 2.17. The van der Waals surface area contributed by atoms with Crippen LogP contribution >= 0.6 is 0 Å². The molecule has 0 bridgehead atoms. The zero-order valence-electron chi connectivity index (χ0n) is 9.12. The average Bonchev–Trinajstić information content (AvgIpc) is 2.08. The van der Waals surface area contributed by atoms with Crippen LogP contribution in [0.2, 0.25) is 0 Å². The molecule has 1 nitrogen and oxygen atoms in total. The Hall–Kier alpha value is -0.300. The van der Waals surface area contributed by atoms with Gasteiger partial charge in [-0.1, -0.05) is 32.9 Å². The number of ether oxygens (including phenoxy) is 1. The quantitative estimate of drug-likeness (QED) is 0.522. The first-order valence-corrected chi connectivity index (χ1v) is 5.44. The van der Waals surface area contributed by atoms with Crippen LogP contribution in [-0.2, 0) is 4.74 Å². The Balaban J connectivity index is 2.47. The lowest BCUT2D eigenvalue weighted by Gasteiger charge is -2.18. The molecule has 76 valence electrons. The number of hydrogen-bond donors (Lipinski definition) is 0. The molecule has 0 aromatic carbocycles. The molecule has 13 heavy (non-hydrogen) atoms. The molecule has 0 saturated heterocycles. The summed E-state index contributed by atoms with van der Waals surface area (Å²) >= 11 is 0. The van der Waals surface area contributed by atoms with Crippen molar-refractivity contribution < 1.29 is 4.74 Å². The Bertz CT molecular complexity index is 163. The fraction of sp³-hybridized carbons (Fsp3) is 0.833. The van der Waals surface area contributed by atoms with Crippen LogP contribution < -0.4 is 0 Å². The van der Waals surface area contributed by atoms with E-state index in [2.05, 4.69) is 32.9 Å². The summed E-state index contributed by atoms with van der Waals surface area (Å²) in [5.74, 6) is 2.09. The lowest BCUT2D eigenvalue weighted by Crippen LogP contribution is -2.12. The maximum Gasteiger partial charge on any atom is 0.0491 e. The fourth-order valence-electron chi connectivity index (χ4n) is 1.81. The van der Waals surface area contributed by atoms with Crippen molar-refractivity contribution in [2.45, 2.75) is 33.6 Å². The first kappa shape index (κ1) is 10.8. The van der Waals surface area contributed by atoms with Crippen LogP contribution in [0.1, 0.15) is 33.6 Å². The number of allylic oxidation sites excluding steroid dienone is 2. The van der Waals surface area contributed by atoms with E-state index in [-0.39, 0.29) is 0 Å². The molecule has 1 heterocycles. The Labute approximate surface area is 82.2 Å². The lowest BCUT2D eigenvalue weighted by atomic mass is 9.95. The third-order valence-corrected chi connectivity index (χ3v) is 2.66. The van der Waals surface area contributed by atoms with Gasteiger partial charge in [-0.25, -0.2) is 0 Å². The second-order valence-corrected chi connectivity index (χ2v) is 4.54. The molecule has 0 amide bonds. The molecule has 1 heteroatoms. The van der Waals surface area contributed by atoms with Gasteiger partial charge in [-0.3, -0.25) is 0 Å². The molecular formula is C12H22O. The van der Waals surface area contributed by atoms with Gasteiger partial charge in [0.1, 0.15) is 0 Å². The van der Waals surface area contributed by atoms with E-state index in [1.165, 1.54) is 6.42 Å². The van der Waals surface area contributed by atoms with Crippen molar-refractivity contribution >= 4 is 0 Å². The summed E-state index contributed by atoms with van der Waals surface area (Å²) in [4.78, 5) is 0. The molecule has 0 aromatic rings. The van der Waals surface area contributed by atoms with Gasteiger partial charge >= 0.3 is 0 Å². The summed E-state index contributed by atoms with van der Waals surface area (Å²) < 4.78 is 5.61. The van der Waals surface area contributed by atoms with Gasteiger partial charge in [0.25, 0.3) is 0 Å². The molecule has 1 aliphatic rings. The predicted octanol–water partition coefficient (Wildman–Crippen LogP) is 3.26. The van der Waals surface area contributed by atoms with Crippen LogP contribution in [0.5, 0.6) is 0 Å². The lowest BCUT2D eigenvalue weighted by molar-refractivity contribution is 0.0910. The van der Waals surface area contributed by atoms with E-state index in [4.69, 9.17) is 4.74 Å². The van der Waals surface area contributed by atoms with Crippen LogP contribution in [0.25, 0.3) is 0 Å². The summed E-state index contributed by atoms with van der Waals surface area (Å²) in [7, 11) is 0. The molecule has 0 N–H and O–H groups in total. The topological polar surface area (TPSA) is 9.23 Å². The minimum atomic E-state index is 0.677. The van der Waals surface area contributed by atoms with Crippen LogP contribution in [-0.4, -0.2) is 13.2 Å². The van der Waals surface area contributed by atoms with Gasteiger partial charge in [0, 0.05) is 13.2 Å². The van der Waals surface area contributed by atoms with Crippen molar-refractivity contribution in [3.63, 3.8) is 0 Å². The van der Waals surface area contributed by atoms with Crippen molar-refractivity contribution in [1.82, 2.24) is 0 Å². The maximum absolute atomic E-state index is 5.61. The summed E-state index contributed by atoms with van der Waals surface area (Å²) in [6.07, 6.45) is 7.12. The Morgan fingerprint density at radius 2 is 1.77 bits per heavy atom. The second kappa shape index (κ2) is 5.43. The number of rotatable bonds is 0. The molecule has 0 saturated carbocycles. The van der Waals surface area contributed by atoms with Crippen molar-refractivity contribution in [3.8, 4) is 0 Å². The highest BCUT2D eigenvalue weighted by molar-refractivity contribution is 4.90. The third kappa shape index (κ3) is 4.47. The molecule has 0 aromatic heterocycles. The van der Waals surface area contributed by atoms with Gasteiger partial charge in [-0.15, -0.1) is 0 Å². The molecule has 1 rings (SSSR count). The molecule has 3 unspecified atom stereocenters. The summed E-state index contributed by atoms with van der Waals surface area (Å²) in [5.41, 5.74) is 0. The van der Waals surface area contributed by atoms with E-state index in [1.54, 1.807) is 0 Å². The molecule has 1 aliphatic heterocycles. The summed E-state index contributed by atoms with van der Waals surface area (Å²) in [6.45, 7) is 8.68. The number of hydrogen-bond acceptors (Lipinski definition) is 1. The van der Waals surface area contributed by atoms with Gasteiger partial charge in [-0.2, -0.15) is 0 Å². The molecule has 0 radical (unpaired) electrons. The predicted molar refractivity (Wildman–Crippen MR) is 56.7 cm³/mol. The van der Waals surface area contributed by atoms with E-state index < -0.39 is 0 Å². The molecule has 0 spiro atoms. The van der Waals surface area contributed by atoms with E-state index >= 15 is 0 Å². The van der Waals surface area contributed by atoms with Crippen LogP contribution in [0.15, 0.2) is 12.2 Å². The minimum Gasteiger partial charge on any atom is -0.381 e. The van der Waals surface area contributed by atoms with Crippen LogP contribution in [0.4, 0.5) is 0 Å². The van der Waals surface area contributed by atoms with Gasteiger partial charge in [0.05, 0.1) is 0 Å². The molecule has 3 atom stereocenters. The Morgan fingerprint density at radius 1 is 1.08 bits per heavy atom. The monoisotopic (exact) mass is 182 g/mol. The zero-order valence-corrected chi connectivity index (χ0v) is 9.12. The minimum absolute atomic E-state index is 0.677. The van der Waals surface area contributed by atoms with Crippen LogP contribution in [0.3, 0.4) is 0 Å². The normalized spacial score (nSPS) is 39.8. The first-order chi connectivity index (χ1) is 6.18. The van der Waals surface area contributed by atoms with Crippen molar-refractivity contribution in [2.24, 2.45) is 17.8 Å². The highest BCUT2D eigenvalue weighted by Gasteiger charge is 2.09. The fourth-order valence-corrected chi connectivity index (χ4v) is 1.81. The smallest absolute Gasteiger partial charge is 0.0491 e. The largest absolute Gasteiger partial charge is 0.381 e. The Morgan fingerprint density at radius 3 is 2.54 bits per heavy atom. The first-order valence-electron chi connectivity index (χ1n) is 5.44. The van der Waals surface area contributed by atoms with Crippen LogP contribution in [0, 0.1) is 17.8 Å². The second-order valence-electron chi connectivity index (χ2n) is 4.54. The van der Waals surface area contributed by atoms with Gasteiger partial charge in [0.2, 0.25) is 0 Å². The van der Waals surface area contributed by atoms with E-state index in [9.17, 15) is 0 Å². The summed E-state index contributed by atoms with van der Waals surface area (Å²) in [5, 5.41) is 0. The standard InChI is InChI=1S/C12H22O/c1-10-4-5-11(2)8-12(3)9-13-7-6-10/h4-5,10-12H,6-9H2,1-3H3/b5-4-. The van der Waals surface area contributed by atoms with E-state index in [1.807, 2.05) is 0 Å². The summed E-state index contributed by atoms with van der Waals surface area (Å²) in [6, 6.07) is 0. The van der Waals surface area contributed by atoms with Gasteiger partial charge in [-0.05, 0) is 30.6 Å². The maximum atomic E-state index is 5.61. The molecular weight excluding hydrogens is 160 g/mol. The SMILES string of the molecule is CC1/C=C\C(C)CC(C)COCC1. The van der Waals surface area contributed by atoms with E-state index in [0.29, 0.717) is 17.8 Å². The zero-order chi connectivity index (χ0) is 9.68. The van der Waals surface area contributed by atoms with Crippen molar-refractivity contribution in [1.29, 1.82) is 0 Å². The molecule has 0 aliphatic carbocycles. The van der Waals surface area contributed by atoms with Gasteiger partial charge < -0.3 is 4.74 Å². The Kier molecular flexibility index (Phi) is 4.51. The van der Waals surface area contributed by atoms with Gasteiger partial charge in [0.15, 0.2) is 0 Å². The highest BCUT2D eigenvalue weighted by atomic mass is 16.5. The van der Waals surface area contributed by atoms with E-state index in [0.717, 1.165) is 19.6 Å².